The Hall–Kier alpha value is -2.33. The van der Waals surface area contributed by atoms with E-state index in [4.69, 9.17) is 11.6 Å². The fraction of sp³-hybridized carbons (Fsp3) is 0.300. The normalized spacial score (nSPS) is 15.0. The van der Waals surface area contributed by atoms with Gasteiger partial charge in [-0.05, 0) is 44.0 Å². The van der Waals surface area contributed by atoms with Gasteiger partial charge in [-0.1, -0.05) is 41.4 Å². The van der Waals surface area contributed by atoms with Gasteiger partial charge < -0.3 is 10.2 Å². The highest BCUT2D eigenvalue weighted by molar-refractivity contribution is 6.33. The third-order valence-corrected chi connectivity index (χ3v) is 4.83. The van der Waals surface area contributed by atoms with Crippen molar-refractivity contribution in [2.24, 2.45) is 0 Å². The predicted octanol–water partition coefficient (Wildman–Crippen LogP) is 3.68. The summed E-state index contributed by atoms with van der Waals surface area (Å²) in [6.07, 6.45) is 1.49. The van der Waals surface area contributed by atoms with E-state index in [1.54, 1.807) is 24.3 Å². The lowest BCUT2D eigenvalue weighted by Crippen LogP contribution is -2.46. The number of nitrogens with zero attached hydrogens (tertiary/aromatic N) is 1. The molecule has 0 aromatic heterocycles. The van der Waals surface area contributed by atoms with Crippen molar-refractivity contribution < 1.29 is 9.59 Å². The number of hydrogen-bond acceptors (Lipinski definition) is 2. The third kappa shape index (κ3) is 4.20. The Labute approximate surface area is 152 Å². The van der Waals surface area contributed by atoms with Crippen LogP contribution in [0, 0.1) is 6.92 Å². The lowest BCUT2D eigenvalue weighted by Gasteiger charge is -2.32. The first kappa shape index (κ1) is 17.5. The minimum absolute atomic E-state index is 0.0552. The van der Waals surface area contributed by atoms with E-state index in [0.717, 1.165) is 24.0 Å². The molecule has 25 heavy (non-hydrogen) atoms. The van der Waals surface area contributed by atoms with Crippen LogP contribution in [0.5, 0.6) is 0 Å². The summed E-state index contributed by atoms with van der Waals surface area (Å²) in [6.45, 7) is 3.26. The second-order valence-electron chi connectivity index (χ2n) is 6.39. The van der Waals surface area contributed by atoms with Gasteiger partial charge in [-0.3, -0.25) is 9.59 Å². The van der Waals surface area contributed by atoms with Crippen molar-refractivity contribution in [3.63, 3.8) is 0 Å². The van der Waals surface area contributed by atoms with Gasteiger partial charge in [0.1, 0.15) is 0 Å². The molecule has 1 fully saturated rings. The number of aryl methyl sites for hydroxylation is 1. The molecule has 0 aliphatic carbocycles. The van der Waals surface area contributed by atoms with Gasteiger partial charge in [0, 0.05) is 24.7 Å². The Morgan fingerprint density at radius 2 is 1.80 bits per heavy atom. The molecule has 0 radical (unpaired) electrons. The van der Waals surface area contributed by atoms with E-state index >= 15 is 0 Å². The molecule has 1 heterocycles. The van der Waals surface area contributed by atoms with Gasteiger partial charge in [-0.25, -0.2) is 0 Å². The maximum Gasteiger partial charge on any atom is 0.253 e. The van der Waals surface area contributed by atoms with Crippen LogP contribution in [0.1, 0.15) is 39.1 Å². The summed E-state index contributed by atoms with van der Waals surface area (Å²) in [6, 6.07) is 14.7. The number of benzene rings is 2. The molecule has 4 nitrogen and oxygen atoms in total. The summed E-state index contributed by atoms with van der Waals surface area (Å²) in [7, 11) is 0. The molecule has 2 amide bonds. The van der Waals surface area contributed by atoms with Gasteiger partial charge in [-0.2, -0.15) is 0 Å². The summed E-state index contributed by atoms with van der Waals surface area (Å²) >= 11 is 6.07. The molecule has 1 N–H and O–H groups in total. The molecular weight excluding hydrogens is 336 g/mol. The molecule has 1 aliphatic heterocycles. The first-order chi connectivity index (χ1) is 12.0. The van der Waals surface area contributed by atoms with E-state index in [2.05, 4.69) is 5.32 Å². The average Bonchev–Trinajstić information content (AvgIpc) is 2.62. The van der Waals surface area contributed by atoms with E-state index in [9.17, 15) is 9.59 Å². The van der Waals surface area contributed by atoms with Crippen molar-refractivity contribution in [1.82, 2.24) is 10.2 Å². The topological polar surface area (TPSA) is 49.4 Å². The average molecular weight is 357 g/mol. The number of piperidine rings is 1. The van der Waals surface area contributed by atoms with Gasteiger partial charge in [0.25, 0.3) is 11.8 Å². The maximum atomic E-state index is 12.6. The SMILES string of the molecule is Cc1cccc(C(=O)N2CCC(NC(=O)c3ccccc3Cl)CC2)c1. The largest absolute Gasteiger partial charge is 0.349 e. The Balaban J connectivity index is 1.56. The van der Waals surface area contributed by atoms with E-state index < -0.39 is 0 Å². The number of hydrogen-bond donors (Lipinski definition) is 1. The van der Waals surface area contributed by atoms with Crippen LogP contribution < -0.4 is 5.32 Å². The zero-order valence-corrected chi connectivity index (χ0v) is 14.9. The number of nitrogens with one attached hydrogen (secondary N) is 1. The second kappa shape index (κ2) is 7.70. The Bertz CT molecular complexity index is 783. The number of carbonyl (C=O) groups excluding carboxylic acids is 2. The molecule has 2 aromatic rings. The number of carbonyl (C=O) groups is 2. The number of likely N-dealkylation sites (tertiary alicyclic amines) is 1. The molecule has 5 heteroatoms. The minimum Gasteiger partial charge on any atom is -0.349 e. The second-order valence-corrected chi connectivity index (χ2v) is 6.80. The molecule has 0 atom stereocenters. The third-order valence-electron chi connectivity index (χ3n) is 4.50. The lowest BCUT2D eigenvalue weighted by molar-refractivity contribution is 0.0698. The first-order valence-electron chi connectivity index (χ1n) is 8.46. The van der Waals surface area contributed by atoms with Crippen LogP contribution in [0.3, 0.4) is 0 Å². The summed E-state index contributed by atoms with van der Waals surface area (Å²) < 4.78 is 0. The van der Waals surface area contributed by atoms with E-state index in [1.807, 2.05) is 36.1 Å². The number of amides is 2. The van der Waals surface area contributed by atoms with Crippen molar-refractivity contribution in [3.05, 3.63) is 70.2 Å². The van der Waals surface area contributed by atoms with Crippen LogP contribution in [-0.4, -0.2) is 35.8 Å². The molecule has 0 spiro atoms. The van der Waals surface area contributed by atoms with E-state index in [0.29, 0.717) is 23.7 Å². The molecule has 1 saturated heterocycles. The fourth-order valence-corrected chi connectivity index (χ4v) is 3.32. The van der Waals surface area contributed by atoms with Gasteiger partial charge in [-0.15, -0.1) is 0 Å². The van der Waals surface area contributed by atoms with Gasteiger partial charge >= 0.3 is 0 Å². The summed E-state index contributed by atoms with van der Waals surface area (Å²) in [4.78, 5) is 26.8. The van der Waals surface area contributed by atoms with E-state index in [-0.39, 0.29) is 17.9 Å². The molecule has 0 bridgehead atoms. The van der Waals surface area contributed by atoms with Crippen LogP contribution in [0.15, 0.2) is 48.5 Å². The van der Waals surface area contributed by atoms with Crippen LogP contribution >= 0.6 is 11.6 Å². The minimum atomic E-state index is -0.158. The Kier molecular flexibility index (Phi) is 5.39. The van der Waals surface area contributed by atoms with Gasteiger partial charge in [0.15, 0.2) is 0 Å². The molecular formula is C20H21ClN2O2. The van der Waals surface area contributed by atoms with Crippen LogP contribution in [0.25, 0.3) is 0 Å². The molecule has 0 saturated carbocycles. The highest BCUT2D eigenvalue weighted by Gasteiger charge is 2.25. The smallest absolute Gasteiger partial charge is 0.253 e. The Morgan fingerprint density at radius 1 is 1.08 bits per heavy atom. The van der Waals surface area contributed by atoms with E-state index in [1.165, 1.54) is 0 Å². The molecule has 0 unspecified atom stereocenters. The molecule has 2 aromatic carbocycles. The van der Waals surface area contributed by atoms with Crippen LogP contribution in [-0.2, 0) is 0 Å². The zero-order valence-electron chi connectivity index (χ0n) is 14.2. The van der Waals surface area contributed by atoms with Crippen molar-refractivity contribution in [2.45, 2.75) is 25.8 Å². The highest BCUT2D eigenvalue weighted by Crippen LogP contribution is 2.18. The van der Waals surface area contributed by atoms with Crippen LogP contribution in [0.4, 0.5) is 0 Å². The predicted molar refractivity (Wildman–Crippen MR) is 99.0 cm³/mol. The van der Waals surface area contributed by atoms with Crippen LogP contribution in [0.2, 0.25) is 5.02 Å². The van der Waals surface area contributed by atoms with Crippen molar-refractivity contribution in [3.8, 4) is 0 Å². The standard InChI is InChI=1S/C20H21ClN2O2/c1-14-5-4-6-15(13-14)20(25)23-11-9-16(10-12-23)22-19(24)17-7-2-3-8-18(17)21/h2-8,13,16H,9-12H2,1H3,(H,22,24). The zero-order chi connectivity index (χ0) is 17.8. The molecule has 3 rings (SSSR count). The monoisotopic (exact) mass is 356 g/mol. The lowest BCUT2D eigenvalue weighted by atomic mass is 10.0. The highest BCUT2D eigenvalue weighted by atomic mass is 35.5. The number of rotatable bonds is 3. The van der Waals surface area contributed by atoms with Gasteiger partial charge in [0.05, 0.1) is 10.6 Å². The van der Waals surface area contributed by atoms with Gasteiger partial charge in [0.2, 0.25) is 0 Å². The summed E-state index contributed by atoms with van der Waals surface area (Å²) in [5.74, 6) is -0.103. The summed E-state index contributed by atoms with van der Waals surface area (Å²) in [5, 5.41) is 3.47. The molecule has 1 aliphatic rings. The van der Waals surface area contributed by atoms with Crippen molar-refractivity contribution >= 4 is 23.4 Å². The first-order valence-corrected chi connectivity index (χ1v) is 8.84. The van der Waals surface area contributed by atoms with Crippen molar-refractivity contribution in [2.75, 3.05) is 13.1 Å². The maximum absolute atomic E-state index is 12.6. The van der Waals surface area contributed by atoms with Crippen molar-refractivity contribution in [1.29, 1.82) is 0 Å². The molecule has 130 valence electrons. The number of halogens is 1. The quantitative estimate of drug-likeness (QED) is 0.911. The fourth-order valence-electron chi connectivity index (χ4n) is 3.10. The Morgan fingerprint density at radius 3 is 2.48 bits per heavy atom. The summed E-state index contributed by atoms with van der Waals surface area (Å²) in [5.41, 5.74) is 2.29.